The lowest BCUT2D eigenvalue weighted by Gasteiger charge is -2.35. The van der Waals surface area contributed by atoms with Crippen molar-refractivity contribution < 1.29 is 24.2 Å². The van der Waals surface area contributed by atoms with Crippen molar-refractivity contribution in [1.82, 2.24) is 10.6 Å². The number of aliphatic hydroxyl groups excluding tert-OH is 1. The minimum absolute atomic E-state index is 0.0666. The van der Waals surface area contributed by atoms with Crippen molar-refractivity contribution in [2.24, 2.45) is 10.8 Å². The molecule has 0 saturated carbocycles. The number of rotatable bonds is 17. The average Bonchev–Trinajstić information content (AvgIpc) is 2.92. The Morgan fingerprint density at radius 3 is 2.25 bits per heavy atom. The number of benzene rings is 1. The largest absolute Gasteiger partial charge is 0.464 e. The highest BCUT2D eigenvalue weighted by molar-refractivity contribution is 8.25. The molecule has 0 bridgehead atoms. The van der Waals surface area contributed by atoms with E-state index >= 15 is 0 Å². The highest BCUT2D eigenvalue weighted by Gasteiger charge is 2.41. The van der Waals surface area contributed by atoms with Crippen molar-refractivity contribution >= 4 is 46.0 Å². The molecule has 40 heavy (non-hydrogen) atoms. The number of nitriles is 1. The van der Waals surface area contributed by atoms with Gasteiger partial charge in [-0.1, -0.05) is 68.2 Å². The first kappa shape index (κ1) is 35.5. The number of hydrogen-bond donors (Lipinski definition) is 3. The van der Waals surface area contributed by atoms with E-state index in [1.807, 2.05) is 58.0 Å². The van der Waals surface area contributed by atoms with Gasteiger partial charge in [-0.15, -0.1) is 0 Å². The van der Waals surface area contributed by atoms with Crippen LogP contribution in [0, 0.1) is 22.2 Å². The lowest BCUT2D eigenvalue weighted by Crippen LogP contribution is -2.47. The number of thiocarbonyl (C=S) groups is 1. The summed E-state index contributed by atoms with van der Waals surface area (Å²) >= 11 is 6.97. The predicted octanol–water partition coefficient (Wildman–Crippen LogP) is 4.93. The molecule has 0 fully saturated rings. The Bertz CT molecular complexity index is 1040. The van der Waals surface area contributed by atoms with Gasteiger partial charge in [-0.3, -0.25) is 14.4 Å². The Kier molecular flexibility index (Phi) is 14.8. The Labute approximate surface area is 249 Å². The number of nitrogens with zero attached hydrogens (tertiary/aromatic N) is 1. The molecule has 0 aromatic heterocycles. The number of thioether (sulfide) groups is 1. The third-order valence-corrected chi connectivity index (χ3v) is 8.52. The van der Waals surface area contributed by atoms with Gasteiger partial charge in [0.25, 0.3) is 0 Å². The van der Waals surface area contributed by atoms with Gasteiger partial charge >= 0.3 is 5.97 Å². The van der Waals surface area contributed by atoms with E-state index in [1.54, 1.807) is 13.8 Å². The lowest BCUT2D eigenvalue weighted by atomic mass is 9.74. The van der Waals surface area contributed by atoms with Crippen LogP contribution in [-0.2, 0) is 19.1 Å². The molecule has 0 aliphatic carbocycles. The van der Waals surface area contributed by atoms with Crippen molar-refractivity contribution in [3.05, 3.63) is 35.9 Å². The zero-order valence-electron chi connectivity index (χ0n) is 24.7. The van der Waals surface area contributed by atoms with Crippen LogP contribution in [-0.4, -0.2) is 57.6 Å². The number of carbonyl (C=O) groups excluding carboxylic acids is 3. The van der Waals surface area contributed by atoms with Gasteiger partial charge in [-0.2, -0.15) is 5.26 Å². The van der Waals surface area contributed by atoms with Gasteiger partial charge in [0.05, 0.1) is 33.1 Å². The standard InChI is InChI=1S/C30H45N3O5S2/c1-7-11-24(35)38-19-18-32-27(37)30(6,40-25(39)23-12-9-8-10-13-23)17-16-29(5,15-14-28(3,4)21-31)26(36)33-20-22(2)34/h8-10,12-13,22,34H,7,11,14-20H2,1-6H3,(H,32,37)(H,33,36). The summed E-state index contributed by atoms with van der Waals surface area (Å²) in [5.74, 6) is -0.812. The molecule has 0 spiro atoms. The molecular formula is C30H45N3O5S2. The lowest BCUT2D eigenvalue weighted by molar-refractivity contribution is -0.144. The SMILES string of the molecule is CCCC(=O)OCCNC(=O)C(C)(CCC(C)(CCC(C)(C)C#N)C(=O)NCC(C)O)SC(=S)c1ccccc1. The molecule has 222 valence electrons. The van der Waals surface area contributed by atoms with Crippen LogP contribution in [0.1, 0.15) is 85.6 Å². The Hall–Kier alpha value is -2.48. The highest BCUT2D eigenvalue weighted by atomic mass is 32.2. The van der Waals surface area contributed by atoms with E-state index in [0.29, 0.717) is 42.7 Å². The Morgan fingerprint density at radius 1 is 1.05 bits per heavy atom. The molecule has 1 aromatic rings. The van der Waals surface area contributed by atoms with Gasteiger partial charge < -0.3 is 20.5 Å². The van der Waals surface area contributed by atoms with E-state index in [1.165, 1.54) is 11.8 Å². The number of nitrogens with one attached hydrogen (secondary N) is 2. The molecule has 8 nitrogen and oxygen atoms in total. The molecule has 0 aliphatic heterocycles. The van der Waals surface area contributed by atoms with Crippen molar-refractivity contribution in [3.63, 3.8) is 0 Å². The molecule has 3 atom stereocenters. The van der Waals surface area contributed by atoms with Crippen LogP contribution >= 0.6 is 24.0 Å². The van der Waals surface area contributed by atoms with Crippen molar-refractivity contribution in [3.8, 4) is 6.07 Å². The van der Waals surface area contributed by atoms with Crippen molar-refractivity contribution in [2.45, 2.75) is 90.9 Å². The van der Waals surface area contributed by atoms with Crippen LogP contribution in [0.3, 0.4) is 0 Å². The minimum atomic E-state index is -1.03. The summed E-state index contributed by atoms with van der Waals surface area (Å²) in [7, 11) is 0. The second kappa shape index (κ2) is 16.7. The molecule has 0 saturated heterocycles. The van der Waals surface area contributed by atoms with E-state index in [2.05, 4.69) is 16.7 Å². The summed E-state index contributed by atoms with van der Waals surface area (Å²) in [6.45, 7) is 11.1. The fraction of sp³-hybridized carbons (Fsp3) is 0.633. The number of aliphatic hydroxyl groups is 1. The summed E-state index contributed by atoms with van der Waals surface area (Å²) in [5, 5.41) is 24.9. The number of amides is 2. The fourth-order valence-electron chi connectivity index (χ4n) is 3.81. The zero-order chi connectivity index (χ0) is 30.4. The molecule has 3 N–H and O–H groups in total. The van der Waals surface area contributed by atoms with E-state index in [4.69, 9.17) is 17.0 Å². The summed E-state index contributed by atoms with van der Waals surface area (Å²) in [5.41, 5.74) is -0.691. The van der Waals surface area contributed by atoms with Crippen LogP contribution in [0.15, 0.2) is 30.3 Å². The molecule has 10 heteroatoms. The summed E-state index contributed by atoms with van der Waals surface area (Å²) < 4.78 is 4.70. The van der Waals surface area contributed by atoms with Crippen LogP contribution in [0.5, 0.6) is 0 Å². The maximum Gasteiger partial charge on any atom is 0.305 e. The molecule has 0 heterocycles. The normalized spacial score (nSPS) is 15.1. The van der Waals surface area contributed by atoms with Gasteiger partial charge in [0.2, 0.25) is 11.8 Å². The summed E-state index contributed by atoms with van der Waals surface area (Å²) in [6.07, 6.45) is 1.89. The number of carbonyl (C=O) groups is 3. The number of ether oxygens (including phenoxy) is 1. The summed E-state index contributed by atoms with van der Waals surface area (Å²) in [4.78, 5) is 38.6. The van der Waals surface area contributed by atoms with Crippen molar-refractivity contribution in [2.75, 3.05) is 19.7 Å². The van der Waals surface area contributed by atoms with Gasteiger partial charge in [-0.05, 0) is 65.4 Å². The first-order chi connectivity index (χ1) is 18.7. The smallest absolute Gasteiger partial charge is 0.305 e. The maximum atomic E-state index is 13.6. The van der Waals surface area contributed by atoms with Gasteiger partial charge in [0.15, 0.2) is 0 Å². The molecule has 0 radical (unpaired) electrons. The second-order valence-corrected chi connectivity index (χ2v) is 13.5. The van der Waals surface area contributed by atoms with E-state index < -0.39 is 21.7 Å². The van der Waals surface area contributed by atoms with Gasteiger partial charge in [-0.25, -0.2) is 0 Å². The van der Waals surface area contributed by atoms with Crippen LogP contribution in [0.25, 0.3) is 0 Å². The fourth-order valence-corrected chi connectivity index (χ4v) is 5.53. The quantitative estimate of drug-likeness (QED) is 0.132. The van der Waals surface area contributed by atoms with Gasteiger partial charge in [0.1, 0.15) is 6.61 Å². The van der Waals surface area contributed by atoms with Gasteiger partial charge in [0, 0.05) is 18.4 Å². The predicted molar refractivity (Wildman–Crippen MR) is 164 cm³/mol. The molecule has 3 unspecified atom stereocenters. The Morgan fingerprint density at radius 2 is 1.68 bits per heavy atom. The molecule has 0 aliphatic rings. The molecule has 2 amide bonds. The first-order valence-corrected chi connectivity index (χ1v) is 15.0. The molecular weight excluding hydrogens is 546 g/mol. The highest BCUT2D eigenvalue weighted by Crippen LogP contribution is 2.41. The van der Waals surface area contributed by atoms with E-state index in [0.717, 1.165) is 5.56 Å². The first-order valence-electron chi connectivity index (χ1n) is 13.8. The van der Waals surface area contributed by atoms with Crippen LogP contribution < -0.4 is 10.6 Å². The minimum Gasteiger partial charge on any atom is -0.464 e. The third kappa shape index (κ3) is 12.4. The van der Waals surface area contributed by atoms with Crippen LogP contribution in [0.2, 0.25) is 0 Å². The molecule has 1 rings (SSSR count). The van der Waals surface area contributed by atoms with E-state index in [-0.39, 0.29) is 37.5 Å². The van der Waals surface area contributed by atoms with Crippen LogP contribution in [0.4, 0.5) is 0 Å². The van der Waals surface area contributed by atoms with Crippen molar-refractivity contribution in [1.29, 1.82) is 5.26 Å². The maximum absolute atomic E-state index is 13.6. The third-order valence-electron chi connectivity index (χ3n) is 6.78. The number of esters is 1. The summed E-state index contributed by atoms with van der Waals surface area (Å²) in [6, 6.07) is 11.7. The molecule has 1 aromatic carbocycles. The topological polar surface area (TPSA) is 129 Å². The zero-order valence-corrected chi connectivity index (χ0v) is 26.3. The number of hydrogen-bond acceptors (Lipinski definition) is 8. The van der Waals surface area contributed by atoms with E-state index in [9.17, 15) is 24.8 Å². The average molecular weight is 592 g/mol. The second-order valence-electron chi connectivity index (χ2n) is 11.3. The Balaban J connectivity index is 3.16. The monoisotopic (exact) mass is 591 g/mol.